The Morgan fingerprint density at radius 2 is 1.89 bits per heavy atom. The smallest absolute Gasteiger partial charge is 0.123 e. The maximum absolute atomic E-state index is 13.2. The van der Waals surface area contributed by atoms with Crippen molar-refractivity contribution in [3.63, 3.8) is 0 Å². The van der Waals surface area contributed by atoms with Gasteiger partial charge in [-0.3, -0.25) is 4.98 Å². The van der Waals surface area contributed by atoms with Crippen molar-refractivity contribution >= 4 is 10.9 Å². The molecule has 0 atom stereocenters. The molecular formula is C15H17FN2. The third-order valence-corrected chi connectivity index (χ3v) is 3.96. The number of fused-ring (bicyclic) bond motifs is 1. The van der Waals surface area contributed by atoms with Gasteiger partial charge in [-0.1, -0.05) is 19.3 Å². The van der Waals surface area contributed by atoms with Crippen molar-refractivity contribution in [1.82, 2.24) is 4.98 Å². The summed E-state index contributed by atoms with van der Waals surface area (Å²) in [5.41, 5.74) is 8.06. The SMILES string of the molecule is NC1(c2cnc3ccc(F)cc3c2)CCCCC1. The van der Waals surface area contributed by atoms with Gasteiger partial charge < -0.3 is 5.73 Å². The second-order valence-electron chi connectivity index (χ2n) is 5.28. The van der Waals surface area contributed by atoms with Gasteiger partial charge >= 0.3 is 0 Å². The standard InChI is InChI=1S/C15H17FN2/c16-13-4-5-14-11(9-13)8-12(10-18-14)15(17)6-2-1-3-7-15/h4-5,8-10H,1-3,6-7,17H2. The molecule has 0 aliphatic heterocycles. The molecule has 2 nitrogen and oxygen atoms in total. The third-order valence-electron chi connectivity index (χ3n) is 3.96. The van der Waals surface area contributed by atoms with Crippen LogP contribution in [0.1, 0.15) is 37.7 Å². The lowest BCUT2D eigenvalue weighted by Gasteiger charge is -2.33. The highest BCUT2D eigenvalue weighted by atomic mass is 19.1. The van der Waals surface area contributed by atoms with Crippen molar-refractivity contribution in [3.8, 4) is 0 Å². The monoisotopic (exact) mass is 244 g/mol. The highest BCUT2D eigenvalue weighted by molar-refractivity contribution is 5.79. The summed E-state index contributed by atoms with van der Waals surface area (Å²) in [5.74, 6) is -0.226. The van der Waals surface area contributed by atoms with Crippen LogP contribution < -0.4 is 5.73 Å². The second kappa shape index (κ2) is 4.32. The Kier molecular flexibility index (Phi) is 2.78. The fourth-order valence-corrected chi connectivity index (χ4v) is 2.85. The lowest BCUT2D eigenvalue weighted by Crippen LogP contribution is -2.38. The topological polar surface area (TPSA) is 38.9 Å². The van der Waals surface area contributed by atoms with Crippen LogP contribution in [-0.4, -0.2) is 4.98 Å². The Bertz CT molecular complexity index is 574. The predicted octanol–water partition coefficient (Wildman–Crippen LogP) is 3.49. The summed E-state index contributed by atoms with van der Waals surface area (Å²) < 4.78 is 13.2. The predicted molar refractivity (Wildman–Crippen MR) is 70.7 cm³/mol. The van der Waals surface area contributed by atoms with E-state index in [2.05, 4.69) is 4.98 Å². The van der Waals surface area contributed by atoms with E-state index in [0.29, 0.717) is 0 Å². The average Bonchev–Trinajstić information content (AvgIpc) is 2.38. The van der Waals surface area contributed by atoms with Gasteiger partial charge in [0.15, 0.2) is 0 Å². The van der Waals surface area contributed by atoms with Crippen LogP contribution in [0.5, 0.6) is 0 Å². The van der Waals surface area contributed by atoms with Crippen LogP contribution in [0.25, 0.3) is 10.9 Å². The molecule has 0 spiro atoms. The zero-order valence-electron chi connectivity index (χ0n) is 10.3. The highest BCUT2D eigenvalue weighted by Gasteiger charge is 2.29. The molecule has 1 saturated carbocycles. The molecule has 1 fully saturated rings. The van der Waals surface area contributed by atoms with Crippen molar-refractivity contribution in [2.75, 3.05) is 0 Å². The second-order valence-corrected chi connectivity index (χ2v) is 5.28. The summed E-state index contributed by atoms with van der Waals surface area (Å²) in [6, 6.07) is 6.67. The van der Waals surface area contributed by atoms with E-state index in [4.69, 9.17) is 5.73 Å². The first-order valence-electron chi connectivity index (χ1n) is 6.52. The van der Waals surface area contributed by atoms with E-state index >= 15 is 0 Å². The van der Waals surface area contributed by atoms with E-state index in [1.165, 1.54) is 18.6 Å². The van der Waals surface area contributed by atoms with E-state index < -0.39 is 0 Å². The van der Waals surface area contributed by atoms with Crippen LogP contribution >= 0.6 is 0 Å². The number of nitrogens with zero attached hydrogens (tertiary/aromatic N) is 1. The molecule has 0 bridgehead atoms. The molecule has 2 aromatic rings. The molecule has 94 valence electrons. The van der Waals surface area contributed by atoms with Crippen molar-refractivity contribution in [3.05, 3.63) is 41.8 Å². The molecule has 0 radical (unpaired) electrons. The van der Waals surface area contributed by atoms with Crippen LogP contribution in [0.3, 0.4) is 0 Å². The van der Waals surface area contributed by atoms with Crippen LogP contribution in [0.15, 0.2) is 30.5 Å². The number of halogens is 1. The molecule has 2 N–H and O–H groups in total. The Hall–Kier alpha value is -1.48. The van der Waals surface area contributed by atoms with Crippen LogP contribution in [0.2, 0.25) is 0 Å². The minimum Gasteiger partial charge on any atom is -0.321 e. The molecule has 3 rings (SSSR count). The molecule has 1 aromatic heterocycles. The van der Waals surface area contributed by atoms with E-state index in [1.807, 2.05) is 12.3 Å². The van der Waals surface area contributed by atoms with Gasteiger partial charge in [-0.15, -0.1) is 0 Å². The molecule has 3 heteroatoms. The quantitative estimate of drug-likeness (QED) is 0.834. The lowest BCUT2D eigenvalue weighted by atomic mass is 9.78. The number of hydrogen-bond donors (Lipinski definition) is 1. The summed E-state index contributed by atoms with van der Waals surface area (Å²) in [6.07, 6.45) is 7.43. The minimum absolute atomic E-state index is 0.226. The van der Waals surface area contributed by atoms with Crippen LogP contribution in [0.4, 0.5) is 4.39 Å². The van der Waals surface area contributed by atoms with Gasteiger partial charge in [-0.2, -0.15) is 0 Å². The normalized spacial score (nSPS) is 19.0. The minimum atomic E-state index is -0.272. The lowest BCUT2D eigenvalue weighted by molar-refractivity contribution is 0.302. The summed E-state index contributed by atoms with van der Waals surface area (Å²) in [7, 11) is 0. The highest BCUT2D eigenvalue weighted by Crippen LogP contribution is 2.35. The Labute approximate surface area is 106 Å². The molecule has 1 aliphatic rings. The Balaban J connectivity index is 2.06. The maximum Gasteiger partial charge on any atom is 0.123 e. The van der Waals surface area contributed by atoms with Gasteiger partial charge in [0.2, 0.25) is 0 Å². The summed E-state index contributed by atoms with van der Waals surface area (Å²) in [4.78, 5) is 4.40. The molecule has 1 aromatic carbocycles. The van der Waals surface area contributed by atoms with Gasteiger partial charge in [0.1, 0.15) is 5.82 Å². The van der Waals surface area contributed by atoms with Crippen molar-refractivity contribution in [2.24, 2.45) is 5.73 Å². The number of nitrogens with two attached hydrogens (primary N) is 1. The number of benzene rings is 1. The molecule has 0 amide bonds. The Morgan fingerprint density at radius 1 is 1.11 bits per heavy atom. The third kappa shape index (κ3) is 1.99. The van der Waals surface area contributed by atoms with Crippen molar-refractivity contribution in [2.45, 2.75) is 37.6 Å². The number of hydrogen-bond acceptors (Lipinski definition) is 2. The zero-order chi connectivity index (χ0) is 12.6. The first-order valence-corrected chi connectivity index (χ1v) is 6.52. The Morgan fingerprint density at radius 3 is 2.67 bits per heavy atom. The maximum atomic E-state index is 13.2. The van der Waals surface area contributed by atoms with Gasteiger partial charge in [0.05, 0.1) is 5.52 Å². The molecule has 1 heterocycles. The average molecular weight is 244 g/mol. The van der Waals surface area contributed by atoms with E-state index in [0.717, 1.165) is 42.1 Å². The van der Waals surface area contributed by atoms with Gasteiger partial charge in [-0.05, 0) is 42.7 Å². The summed E-state index contributed by atoms with van der Waals surface area (Å²) in [5, 5.41) is 0.836. The van der Waals surface area contributed by atoms with Crippen molar-refractivity contribution < 1.29 is 4.39 Å². The molecule has 1 aliphatic carbocycles. The summed E-state index contributed by atoms with van der Waals surface area (Å²) >= 11 is 0. The zero-order valence-corrected chi connectivity index (χ0v) is 10.3. The molecule has 18 heavy (non-hydrogen) atoms. The molecular weight excluding hydrogens is 227 g/mol. The van der Waals surface area contributed by atoms with Crippen LogP contribution in [-0.2, 0) is 5.54 Å². The van der Waals surface area contributed by atoms with E-state index in [1.54, 1.807) is 6.07 Å². The number of rotatable bonds is 1. The summed E-state index contributed by atoms with van der Waals surface area (Å²) in [6.45, 7) is 0. The first kappa shape index (κ1) is 11.6. The number of aromatic nitrogens is 1. The van der Waals surface area contributed by atoms with E-state index in [-0.39, 0.29) is 11.4 Å². The number of pyridine rings is 1. The fourth-order valence-electron chi connectivity index (χ4n) is 2.85. The molecule has 0 saturated heterocycles. The fraction of sp³-hybridized carbons (Fsp3) is 0.400. The largest absolute Gasteiger partial charge is 0.321 e. The van der Waals surface area contributed by atoms with Crippen LogP contribution in [0, 0.1) is 5.82 Å². The van der Waals surface area contributed by atoms with Gasteiger partial charge in [0.25, 0.3) is 0 Å². The van der Waals surface area contributed by atoms with E-state index in [9.17, 15) is 4.39 Å². The van der Waals surface area contributed by atoms with Gasteiger partial charge in [-0.25, -0.2) is 4.39 Å². The van der Waals surface area contributed by atoms with Gasteiger partial charge in [0, 0.05) is 17.1 Å². The molecule has 0 unspecified atom stereocenters. The van der Waals surface area contributed by atoms with Crippen molar-refractivity contribution in [1.29, 1.82) is 0 Å². The first-order chi connectivity index (χ1) is 8.67.